The molecule has 0 saturated carbocycles. The molecule has 0 aliphatic carbocycles. The molecule has 118 valence electrons. The number of hydrogen-bond donors (Lipinski definition) is 1. The van der Waals surface area contributed by atoms with E-state index in [9.17, 15) is 14.3 Å². The summed E-state index contributed by atoms with van der Waals surface area (Å²) in [7, 11) is 0. The van der Waals surface area contributed by atoms with Gasteiger partial charge in [-0.3, -0.25) is 4.79 Å². The van der Waals surface area contributed by atoms with Crippen LogP contribution >= 0.6 is 0 Å². The van der Waals surface area contributed by atoms with Gasteiger partial charge < -0.3 is 10.0 Å². The van der Waals surface area contributed by atoms with E-state index in [1.165, 1.54) is 12.1 Å². The fraction of sp³-hybridized carbons (Fsp3) is 0.211. The standard InChI is InChI=1S/C19H18FNO2/c20-17-8-6-14(7-9-17)18-10-11-21(12-16(18)13-22)19(23)15-4-2-1-3-5-15/h1-10,16,22H,11-13H2. The Labute approximate surface area is 134 Å². The molecular formula is C19H18FNO2. The van der Waals surface area contributed by atoms with Crippen molar-refractivity contribution in [1.82, 2.24) is 4.90 Å². The molecule has 0 bridgehead atoms. The van der Waals surface area contributed by atoms with E-state index in [4.69, 9.17) is 0 Å². The van der Waals surface area contributed by atoms with Crippen molar-refractivity contribution in [1.29, 1.82) is 0 Å². The molecule has 1 N–H and O–H groups in total. The third kappa shape index (κ3) is 3.32. The van der Waals surface area contributed by atoms with Crippen LogP contribution in [0.5, 0.6) is 0 Å². The summed E-state index contributed by atoms with van der Waals surface area (Å²) >= 11 is 0. The average molecular weight is 311 g/mol. The zero-order chi connectivity index (χ0) is 16.2. The molecule has 1 atom stereocenters. The van der Waals surface area contributed by atoms with Gasteiger partial charge in [0.25, 0.3) is 5.91 Å². The average Bonchev–Trinajstić information content (AvgIpc) is 2.62. The molecule has 1 unspecified atom stereocenters. The van der Waals surface area contributed by atoms with Gasteiger partial charge in [-0.25, -0.2) is 4.39 Å². The fourth-order valence-corrected chi connectivity index (χ4v) is 2.90. The SMILES string of the molecule is O=C(c1ccccc1)N1CC=C(c2ccc(F)cc2)C(CO)C1. The minimum Gasteiger partial charge on any atom is -0.396 e. The first kappa shape index (κ1) is 15.4. The highest BCUT2D eigenvalue weighted by Crippen LogP contribution is 2.28. The summed E-state index contributed by atoms with van der Waals surface area (Å²) in [4.78, 5) is 14.2. The van der Waals surface area contributed by atoms with Gasteiger partial charge in [0.1, 0.15) is 5.82 Å². The van der Waals surface area contributed by atoms with Crippen molar-refractivity contribution in [2.24, 2.45) is 5.92 Å². The Morgan fingerprint density at radius 2 is 1.83 bits per heavy atom. The molecule has 23 heavy (non-hydrogen) atoms. The Hall–Kier alpha value is -2.46. The van der Waals surface area contributed by atoms with Crippen molar-refractivity contribution in [2.45, 2.75) is 0 Å². The highest BCUT2D eigenvalue weighted by Gasteiger charge is 2.26. The van der Waals surface area contributed by atoms with Gasteiger partial charge in [0.2, 0.25) is 0 Å². The monoisotopic (exact) mass is 311 g/mol. The quantitative estimate of drug-likeness (QED) is 0.947. The number of benzene rings is 2. The van der Waals surface area contributed by atoms with Crippen molar-refractivity contribution in [3.63, 3.8) is 0 Å². The summed E-state index contributed by atoms with van der Waals surface area (Å²) in [5.41, 5.74) is 2.49. The molecule has 2 aromatic carbocycles. The first-order valence-electron chi connectivity index (χ1n) is 7.60. The maximum absolute atomic E-state index is 13.1. The van der Waals surface area contributed by atoms with Crippen LogP contribution < -0.4 is 0 Å². The first-order valence-corrected chi connectivity index (χ1v) is 7.60. The van der Waals surface area contributed by atoms with Gasteiger partial charge in [-0.15, -0.1) is 0 Å². The van der Waals surface area contributed by atoms with E-state index in [2.05, 4.69) is 0 Å². The molecule has 1 heterocycles. The van der Waals surface area contributed by atoms with E-state index < -0.39 is 0 Å². The molecule has 0 fully saturated rings. The van der Waals surface area contributed by atoms with E-state index in [0.29, 0.717) is 18.7 Å². The van der Waals surface area contributed by atoms with Gasteiger partial charge in [-0.1, -0.05) is 36.4 Å². The minimum absolute atomic E-state index is 0.0431. The molecule has 4 heteroatoms. The van der Waals surface area contributed by atoms with E-state index in [-0.39, 0.29) is 24.2 Å². The predicted molar refractivity (Wildman–Crippen MR) is 87.3 cm³/mol. The van der Waals surface area contributed by atoms with Crippen molar-refractivity contribution >= 4 is 11.5 Å². The van der Waals surface area contributed by atoms with Crippen molar-refractivity contribution in [2.75, 3.05) is 19.7 Å². The lowest BCUT2D eigenvalue weighted by molar-refractivity contribution is 0.0735. The number of nitrogens with zero attached hydrogens (tertiary/aromatic N) is 1. The van der Waals surface area contributed by atoms with E-state index in [1.807, 2.05) is 24.3 Å². The smallest absolute Gasteiger partial charge is 0.254 e. The highest BCUT2D eigenvalue weighted by atomic mass is 19.1. The van der Waals surface area contributed by atoms with Gasteiger partial charge in [-0.2, -0.15) is 0 Å². The van der Waals surface area contributed by atoms with Crippen LogP contribution in [0.2, 0.25) is 0 Å². The predicted octanol–water partition coefficient (Wildman–Crippen LogP) is 2.97. The second-order valence-corrected chi connectivity index (χ2v) is 5.62. The molecule has 0 aromatic heterocycles. The van der Waals surface area contributed by atoms with Crippen LogP contribution in [0.4, 0.5) is 4.39 Å². The summed E-state index contributed by atoms with van der Waals surface area (Å²) in [6.45, 7) is 0.881. The Morgan fingerprint density at radius 1 is 1.13 bits per heavy atom. The Bertz CT molecular complexity index is 710. The van der Waals surface area contributed by atoms with Crippen molar-refractivity contribution in [3.05, 3.63) is 77.6 Å². The van der Waals surface area contributed by atoms with Crippen LogP contribution in [0.1, 0.15) is 15.9 Å². The van der Waals surface area contributed by atoms with Crippen LogP contribution in [0, 0.1) is 11.7 Å². The molecule has 0 spiro atoms. The molecule has 1 aliphatic heterocycles. The maximum atomic E-state index is 13.1. The Kier molecular flexibility index (Phi) is 4.53. The number of hydrogen-bond acceptors (Lipinski definition) is 2. The summed E-state index contributed by atoms with van der Waals surface area (Å²) in [6, 6.07) is 15.3. The Balaban J connectivity index is 1.82. The normalized spacial score (nSPS) is 17.7. The number of aliphatic hydroxyl groups is 1. The van der Waals surface area contributed by atoms with Gasteiger partial charge in [0.05, 0.1) is 6.61 Å². The molecule has 2 aromatic rings. The van der Waals surface area contributed by atoms with Crippen LogP contribution in [0.15, 0.2) is 60.7 Å². The minimum atomic E-state index is -0.286. The molecule has 0 saturated heterocycles. The van der Waals surface area contributed by atoms with E-state index in [0.717, 1.165) is 11.1 Å². The first-order chi connectivity index (χ1) is 11.2. The number of rotatable bonds is 3. The number of aliphatic hydroxyl groups excluding tert-OH is 1. The third-order valence-electron chi connectivity index (χ3n) is 4.12. The summed E-state index contributed by atoms with van der Waals surface area (Å²) in [5.74, 6) is -0.494. The third-order valence-corrected chi connectivity index (χ3v) is 4.12. The number of carbonyl (C=O) groups excluding carboxylic acids is 1. The lowest BCUT2D eigenvalue weighted by atomic mass is 9.89. The van der Waals surface area contributed by atoms with Gasteiger partial charge in [-0.05, 0) is 35.4 Å². The second-order valence-electron chi connectivity index (χ2n) is 5.62. The summed E-state index contributed by atoms with van der Waals surface area (Å²) < 4.78 is 13.1. The number of halogens is 1. The maximum Gasteiger partial charge on any atom is 0.254 e. The van der Waals surface area contributed by atoms with Crippen LogP contribution in [0.25, 0.3) is 5.57 Å². The van der Waals surface area contributed by atoms with Crippen LogP contribution in [-0.4, -0.2) is 35.6 Å². The molecule has 3 rings (SSSR count). The lowest BCUT2D eigenvalue weighted by Crippen LogP contribution is -2.40. The van der Waals surface area contributed by atoms with Crippen molar-refractivity contribution in [3.8, 4) is 0 Å². The topological polar surface area (TPSA) is 40.5 Å². The van der Waals surface area contributed by atoms with Crippen LogP contribution in [-0.2, 0) is 0 Å². The van der Waals surface area contributed by atoms with Gasteiger partial charge in [0.15, 0.2) is 0 Å². The van der Waals surface area contributed by atoms with Crippen molar-refractivity contribution < 1.29 is 14.3 Å². The largest absolute Gasteiger partial charge is 0.396 e. The Morgan fingerprint density at radius 3 is 2.48 bits per heavy atom. The number of carbonyl (C=O) groups is 1. The van der Waals surface area contributed by atoms with E-state index in [1.54, 1.807) is 29.2 Å². The zero-order valence-corrected chi connectivity index (χ0v) is 12.7. The van der Waals surface area contributed by atoms with Crippen LogP contribution in [0.3, 0.4) is 0 Å². The molecule has 3 nitrogen and oxygen atoms in total. The molecule has 1 amide bonds. The van der Waals surface area contributed by atoms with Gasteiger partial charge >= 0.3 is 0 Å². The summed E-state index contributed by atoms with van der Waals surface area (Å²) in [6.07, 6.45) is 1.94. The zero-order valence-electron chi connectivity index (χ0n) is 12.7. The highest BCUT2D eigenvalue weighted by molar-refractivity contribution is 5.94. The molecule has 1 aliphatic rings. The van der Waals surface area contributed by atoms with E-state index >= 15 is 0 Å². The lowest BCUT2D eigenvalue weighted by Gasteiger charge is -2.32. The fourth-order valence-electron chi connectivity index (χ4n) is 2.90. The summed E-state index contributed by atoms with van der Waals surface area (Å²) in [5, 5.41) is 9.69. The van der Waals surface area contributed by atoms with Gasteiger partial charge in [0, 0.05) is 24.6 Å². The second kappa shape index (κ2) is 6.75. The molecule has 0 radical (unpaired) electrons. The molecular weight excluding hydrogens is 293 g/mol. The number of amides is 1.